The molecule has 0 fully saturated rings. The van der Waals surface area contributed by atoms with Gasteiger partial charge in [-0.1, -0.05) is 41.5 Å². The monoisotopic (exact) mass is 991 g/mol. The molecule has 0 N–H and O–H groups in total. The summed E-state index contributed by atoms with van der Waals surface area (Å²) in [7, 11) is 0. The molecular formula is C66H66BN3Se. The maximum absolute atomic E-state index is 2.62. The van der Waals surface area contributed by atoms with Gasteiger partial charge in [0.2, 0.25) is 0 Å². The molecule has 354 valence electrons. The zero-order valence-electron chi connectivity index (χ0n) is 43.6. The predicted molar refractivity (Wildman–Crippen MR) is 310 cm³/mol. The topological polar surface area (TPSA) is 9.72 Å². The third-order valence-corrected chi connectivity index (χ3v) is 17.5. The van der Waals surface area contributed by atoms with Crippen LogP contribution in [0.25, 0.3) is 20.8 Å². The van der Waals surface area contributed by atoms with E-state index in [1.807, 2.05) is 0 Å². The van der Waals surface area contributed by atoms with Crippen LogP contribution in [0.1, 0.15) is 105 Å². The van der Waals surface area contributed by atoms with Crippen LogP contribution in [-0.4, -0.2) is 21.2 Å². The Morgan fingerprint density at radius 1 is 0.394 bits per heavy atom. The van der Waals surface area contributed by atoms with Gasteiger partial charge in [-0.2, -0.15) is 0 Å². The average Bonchev–Trinajstić information content (AvgIpc) is 3.72. The molecule has 0 saturated heterocycles. The second-order valence-corrected chi connectivity index (χ2v) is 26.2. The SMILES string of the molecule is CC(C)(C)c1ccc(N(c2ccc(C(C)(C)C)cc2)c2ccc3c(c2)N(c2ccc(C(C)(C)C)cc2)c2cccc4c2B3c2[se]c3ccc(-c5ccccc5)cc3c2N4c2ccc(C(C)(C)C)cc2)cc1. The third-order valence-electron chi connectivity index (χ3n) is 14.9. The molecule has 3 heterocycles. The van der Waals surface area contributed by atoms with Gasteiger partial charge in [-0.3, -0.25) is 0 Å². The van der Waals surface area contributed by atoms with Gasteiger partial charge < -0.3 is 0 Å². The molecule has 0 spiro atoms. The summed E-state index contributed by atoms with van der Waals surface area (Å²) in [5.41, 5.74) is 21.5. The van der Waals surface area contributed by atoms with Crippen molar-refractivity contribution in [2.75, 3.05) is 14.7 Å². The fourth-order valence-corrected chi connectivity index (χ4v) is 13.5. The molecule has 3 nitrogen and oxygen atoms in total. The van der Waals surface area contributed by atoms with Crippen LogP contribution in [0.5, 0.6) is 0 Å². The van der Waals surface area contributed by atoms with Crippen LogP contribution < -0.4 is 30.0 Å². The molecule has 0 amide bonds. The Balaban J connectivity index is 1.17. The van der Waals surface area contributed by atoms with Crippen molar-refractivity contribution in [1.82, 2.24) is 0 Å². The Bertz CT molecular complexity index is 3370. The molecule has 5 heteroatoms. The average molecular weight is 991 g/mol. The number of benzene rings is 8. The minimum absolute atomic E-state index is 0.0277. The van der Waals surface area contributed by atoms with E-state index in [2.05, 4.69) is 280 Å². The fourth-order valence-electron chi connectivity index (χ4n) is 10.8. The summed E-state index contributed by atoms with van der Waals surface area (Å²) in [6.45, 7) is 27.6. The molecule has 71 heavy (non-hydrogen) atoms. The second kappa shape index (κ2) is 17.1. The van der Waals surface area contributed by atoms with Gasteiger partial charge in [0.05, 0.1) is 0 Å². The molecule has 0 unspecified atom stereocenters. The van der Waals surface area contributed by atoms with Gasteiger partial charge in [0.1, 0.15) is 0 Å². The first-order valence-electron chi connectivity index (χ1n) is 25.5. The normalized spacial score (nSPS) is 13.5. The molecule has 0 aliphatic carbocycles. The molecule has 0 atom stereocenters. The van der Waals surface area contributed by atoms with Crippen LogP contribution in [0.4, 0.5) is 51.2 Å². The summed E-state index contributed by atoms with van der Waals surface area (Å²) in [5, 5.41) is 1.35. The Hall–Kier alpha value is -6.52. The molecule has 0 saturated carbocycles. The molecule has 9 aromatic rings. The predicted octanol–water partition coefficient (Wildman–Crippen LogP) is 16.3. The quantitative estimate of drug-likeness (QED) is 0.154. The zero-order chi connectivity index (χ0) is 49.8. The van der Waals surface area contributed by atoms with Crippen molar-refractivity contribution in [2.24, 2.45) is 0 Å². The number of hydrogen-bond donors (Lipinski definition) is 0. The first-order valence-corrected chi connectivity index (χ1v) is 27.2. The summed E-state index contributed by atoms with van der Waals surface area (Å²) in [6.07, 6.45) is 0. The van der Waals surface area contributed by atoms with E-state index in [-0.39, 0.29) is 42.9 Å². The number of anilines is 9. The van der Waals surface area contributed by atoms with E-state index in [1.165, 1.54) is 86.7 Å². The zero-order valence-corrected chi connectivity index (χ0v) is 45.4. The van der Waals surface area contributed by atoms with E-state index in [0.29, 0.717) is 0 Å². The van der Waals surface area contributed by atoms with E-state index in [1.54, 1.807) is 0 Å². The molecule has 2 aliphatic heterocycles. The third kappa shape index (κ3) is 8.35. The van der Waals surface area contributed by atoms with Gasteiger partial charge in [0.25, 0.3) is 0 Å². The van der Waals surface area contributed by atoms with Gasteiger partial charge in [-0.25, -0.2) is 0 Å². The Morgan fingerprint density at radius 3 is 1.37 bits per heavy atom. The first kappa shape index (κ1) is 46.8. The van der Waals surface area contributed by atoms with Crippen LogP contribution in [0.15, 0.2) is 182 Å². The van der Waals surface area contributed by atoms with Gasteiger partial charge in [0.15, 0.2) is 0 Å². The summed E-state index contributed by atoms with van der Waals surface area (Å²) >= 11 is 0.0705. The Labute approximate surface area is 429 Å². The summed E-state index contributed by atoms with van der Waals surface area (Å²) in [5.74, 6) is 0. The Kier molecular flexibility index (Phi) is 11.3. The summed E-state index contributed by atoms with van der Waals surface area (Å²) in [4.78, 5) is 7.64. The van der Waals surface area contributed by atoms with Gasteiger partial charge in [0, 0.05) is 0 Å². The maximum atomic E-state index is 2.62. The Morgan fingerprint density at radius 2 is 0.859 bits per heavy atom. The van der Waals surface area contributed by atoms with Gasteiger partial charge in [-0.05, 0) is 0 Å². The van der Waals surface area contributed by atoms with Crippen molar-refractivity contribution in [3.8, 4) is 11.1 Å². The first-order chi connectivity index (χ1) is 33.7. The summed E-state index contributed by atoms with van der Waals surface area (Å²) in [6, 6.07) is 69.8. The molecule has 11 rings (SSSR count). The standard InChI is InChI=1S/C66H66BN3Se/c1-63(2,3)45-22-30-49(31-23-45)68(50-32-24-46(25-33-50)64(4,5)6)53-38-39-55-58(42-53)69(51-34-26-47(27-35-51)65(7,8)9)56-19-16-20-57-60(56)67(55)62-61(70(57)52-36-28-48(29-37-52)66(10,11)12)54-41-44(21-40-59(54)71-62)43-17-14-13-15-18-43/h13-42H,1-12H3. The van der Waals surface area contributed by atoms with Crippen molar-refractivity contribution in [3.63, 3.8) is 0 Å². The second-order valence-electron chi connectivity index (χ2n) is 24.0. The molecule has 8 aromatic carbocycles. The van der Waals surface area contributed by atoms with Crippen molar-refractivity contribution in [2.45, 2.75) is 105 Å². The number of hydrogen-bond acceptors (Lipinski definition) is 3. The fraction of sp³-hybridized carbons (Fsp3) is 0.242. The van der Waals surface area contributed by atoms with Gasteiger partial charge >= 0.3 is 391 Å². The van der Waals surface area contributed by atoms with Crippen molar-refractivity contribution in [3.05, 3.63) is 204 Å². The number of fused-ring (bicyclic) bond motifs is 6. The van der Waals surface area contributed by atoms with E-state index in [4.69, 9.17) is 0 Å². The summed E-state index contributed by atoms with van der Waals surface area (Å²) < 4.78 is 2.96. The molecule has 0 radical (unpaired) electrons. The van der Waals surface area contributed by atoms with Crippen molar-refractivity contribution in [1.29, 1.82) is 0 Å². The molecule has 2 aliphatic rings. The van der Waals surface area contributed by atoms with Crippen LogP contribution >= 0.6 is 0 Å². The molecular weight excluding hydrogens is 925 g/mol. The van der Waals surface area contributed by atoms with E-state index in [0.717, 1.165) is 22.7 Å². The number of rotatable bonds is 6. The van der Waals surface area contributed by atoms with Crippen molar-refractivity contribution >= 4 is 97.3 Å². The van der Waals surface area contributed by atoms with Crippen molar-refractivity contribution < 1.29 is 0 Å². The minimum atomic E-state index is 0.0277. The van der Waals surface area contributed by atoms with Crippen LogP contribution in [-0.2, 0) is 21.7 Å². The number of nitrogens with zero attached hydrogens (tertiary/aromatic N) is 3. The van der Waals surface area contributed by atoms with E-state index in [9.17, 15) is 0 Å². The molecule has 0 bridgehead atoms. The van der Waals surface area contributed by atoms with Crippen LogP contribution in [0.3, 0.4) is 0 Å². The van der Waals surface area contributed by atoms with E-state index >= 15 is 0 Å². The van der Waals surface area contributed by atoms with Crippen LogP contribution in [0.2, 0.25) is 0 Å². The van der Waals surface area contributed by atoms with Crippen LogP contribution in [0, 0.1) is 0 Å². The molecule has 1 aromatic heterocycles. The van der Waals surface area contributed by atoms with E-state index < -0.39 is 0 Å². The van der Waals surface area contributed by atoms with Gasteiger partial charge in [-0.15, -0.1) is 0 Å².